The van der Waals surface area contributed by atoms with Crippen molar-refractivity contribution in [2.24, 2.45) is 17.6 Å². The summed E-state index contributed by atoms with van der Waals surface area (Å²) in [6.07, 6.45) is 3.32. The van der Waals surface area contributed by atoms with E-state index in [9.17, 15) is 14.5 Å². The van der Waals surface area contributed by atoms with E-state index in [1.165, 1.54) is 12.1 Å². The van der Waals surface area contributed by atoms with Crippen LogP contribution in [-0.2, 0) is 0 Å². The van der Waals surface area contributed by atoms with Gasteiger partial charge in [-0.1, -0.05) is 6.42 Å². The molecule has 1 heterocycles. The summed E-state index contributed by atoms with van der Waals surface area (Å²) in [4.78, 5) is 12.3. The van der Waals surface area contributed by atoms with E-state index in [0.717, 1.165) is 38.4 Å². The van der Waals surface area contributed by atoms with Crippen LogP contribution in [0.2, 0.25) is 0 Å². The van der Waals surface area contributed by atoms with Crippen LogP contribution in [0.15, 0.2) is 18.2 Å². The van der Waals surface area contributed by atoms with Crippen LogP contribution in [-0.4, -0.2) is 24.1 Å². The first-order valence-electron chi connectivity index (χ1n) is 7.00. The van der Waals surface area contributed by atoms with Gasteiger partial charge in [0.05, 0.1) is 11.0 Å². The molecule has 2 fully saturated rings. The molecule has 1 aliphatic heterocycles. The SMILES string of the molecule is NC1CCCC2CN(c3cc(F)cc([N+](=O)[O-])c3)CC12. The molecule has 1 saturated carbocycles. The first kappa shape index (κ1) is 13.3. The highest BCUT2D eigenvalue weighted by Gasteiger charge is 2.39. The van der Waals surface area contributed by atoms with Gasteiger partial charge < -0.3 is 10.6 Å². The number of halogens is 1. The molecule has 2 aliphatic rings. The third-order valence-corrected chi connectivity index (χ3v) is 4.60. The van der Waals surface area contributed by atoms with Gasteiger partial charge in [0.15, 0.2) is 0 Å². The van der Waals surface area contributed by atoms with Crippen LogP contribution in [0, 0.1) is 27.8 Å². The largest absolute Gasteiger partial charge is 0.371 e. The van der Waals surface area contributed by atoms with Crippen LogP contribution >= 0.6 is 0 Å². The highest BCUT2D eigenvalue weighted by molar-refractivity contribution is 5.54. The second kappa shape index (κ2) is 5.01. The van der Waals surface area contributed by atoms with Crippen molar-refractivity contribution in [2.45, 2.75) is 25.3 Å². The lowest BCUT2D eigenvalue weighted by molar-refractivity contribution is -0.385. The first-order valence-corrected chi connectivity index (χ1v) is 7.00. The molecule has 1 aromatic rings. The lowest BCUT2D eigenvalue weighted by Gasteiger charge is -2.29. The van der Waals surface area contributed by atoms with E-state index in [1.54, 1.807) is 0 Å². The highest BCUT2D eigenvalue weighted by atomic mass is 19.1. The molecule has 2 N–H and O–H groups in total. The van der Waals surface area contributed by atoms with E-state index in [1.807, 2.05) is 4.90 Å². The van der Waals surface area contributed by atoms with Crippen LogP contribution < -0.4 is 10.6 Å². The van der Waals surface area contributed by atoms with E-state index < -0.39 is 10.7 Å². The van der Waals surface area contributed by atoms with E-state index in [4.69, 9.17) is 5.73 Å². The van der Waals surface area contributed by atoms with Crippen LogP contribution in [0.4, 0.5) is 15.8 Å². The number of nitrogens with zero attached hydrogens (tertiary/aromatic N) is 2. The fourth-order valence-electron chi connectivity index (χ4n) is 3.57. The van der Waals surface area contributed by atoms with E-state index in [-0.39, 0.29) is 11.7 Å². The number of rotatable bonds is 2. The van der Waals surface area contributed by atoms with Crippen LogP contribution in [0.1, 0.15) is 19.3 Å². The maximum atomic E-state index is 13.5. The molecular weight excluding hydrogens is 261 g/mol. The second-order valence-corrected chi connectivity index (χ2v) is 5.85. The Labute approximate surface area is 116 Å². The van der Waals surface area contributed by atoms with Gasteiger partial charge in [0, 0.05) is 30.9 Å². The summed E-state index contributed by atoms with van der Waals surface area (Å²) < 4.78 is 13.5. The van der Waals surface area contributed by atoms with Gasteiger partial charge >= 0.3 is 0 Å². The van der Waals surface area contributed by atoms with Gasteiger partial charge in [-0.25, -0.2) is 4.39 Å². The number of nitrogens with two attached hydrogens (primary N) is 1. The molecule has 0 spiro atoms. The van der Waals surface area contributed by atoms with Crippen molar-refractivity contribution < 1.29 is 9.31 Å². The van der Waals surface area contributed by atoms with Crippen molar-refractivity contribution in [1.29, 1.82) is 0 Å². The van der Waals surface area contributed by atoms with Gasteiger partial charge in [0.2, 0.25) is 0 Å². The molecule has 0 bridgehead atoms. The maximum Gasteiger partial charge on any atom is 0.274 e. The Balaban J connectivity index is 1.85. The summed E-state index contributed by atoms with van der Waals surface area (Å²) in [5.41, 5.74) is 6.56. The average molecular weight is 279 g/mol. The van der Waals surface area contributed by atoms with Crippen molar-refractivity contribution in [3.8, 4) is 0 Å². The number of nitro benzene ring substituents is 1. The second-order valence-electron chi connectivity index (χ2n) is 5.85. The van der Waals surface area contributed by atoms with Crippen LogP contribution in [0.5, 0.6) is 0 Å². The summed E-state index contributed by atoms with van der Waals surface area (Å²) in [5.74, 6) is 0.389. The lowest BCUT2D eigenvalue weighted by Crippen LogP contribution is -2.38. The van der Waals surface area contributed by atoms with Crippen molar-refractivity contribution in [1.82, 2.24) is 0 Å². The summed E-state index contributed by atoms with van der Waals surface area (Å²) in [7, 11) is 0. The standard InChI is InChI=1S/C14H18FN3O2/c15-10-4-11(6-12(5-10)18(19)20)17-7-9-2-1-3-14(16)13(9)8-17/h4-6,9,13-14H,1-3,7-8,16H2. The predicted molar refractivity (Wildman–Crippen MR) is 74.1 cm³/mol. The molecule has 6 heteroatoms. The number of fused-ring (bicyclic) bond motifs is 1. The van der Waals surface area contributed by atoms with Crippen LogP contribution in [0.25, 0.3) is 0 Å². The molecule has 108 valence electrons. The fourth-order valence-corrected chi connectivity index (χ4v) is 3.57. The number of nitro groups is 1. The molecule has 20 heavy (non-hydrogen) atoms. The number of anilines is 1. The van der Waals surface area contributed by atoms with Crippen molar-refractivity contribution in [3.63, 3.8) is 0 Å². The Kier molecular flexibility index (Phi) is 3.33. The molecule has 5 nitrogen and oxygen atoms in total. The zero-order valence-electron chi connectivity index (χ0n) is 11.2. The summed E-state index contributed by atoms with van der Waals surface area (Å²) in [5, 5.41) is 10.8. The van der Waals surface area contributed by atoms with Gasteiger partial charge in [0.1, 0.15) is 5.82 Å². The Hall–Kier alpha value is -1.69. The van der Waals surface area contributed by atoms with Crippen molar-refractivity contribution in [2.75, 3.05) is 18.0 Å². The first-order chi connectivity index (χ1) is 9.54. The third-order valence-electron chi connectivity index (χ3n) is 4.60. The molecule has 0 amide bonds. The molecule has 1 aromatic carbocycles. The normalized spacial score (nSPS) is 29.3. The average Bonchev–Trinajstić information content (AvgIpc) is 2.83. The Morgan fingerprint density at radius 3 is 2.80 bits per heavy atom. The molecule has 0 aromatic heterocycles. The lowest BCUT2D eigenvalue weighted by atomic mass is 9.78. The van der Waals surface area contributed by atoms with Crippen molar-refractivity contribution >= 4 is 11.4 Å². The smallest absolute Gasteiger partial charge is 0.274 e. The van der Waals surface area contributed by atoms with Gasteiger partial charge in [0.25, 0.3) is 5.69 Å². The van der Waals surface area contributed by atoms with E-state index in [0.29, 0.717) is 17.5 Å². The van der Waals surface area contributed by atoms with Gasteiger partial charge in [-0.05, 0) is 30.7 Å². The minimum atomic E-state index is -0.562. The summed E-state index contributed by atoms with van der Waals surface area (Å²) >= 11 is 0. The minimum absolute atomic E-state index is 0.195. The molecule has 1 aliphatic carbocycles. The Morgan fingerprint density at radius 1 is 1.30 bits per heavy atom. The fraction of sp³-hybridized carbons (Fsp3) is 0.571. The van der Waals surface area contributed by atoms with Gasteiger partial charge in [-0.3, -0.25) is 10.1 Å². The Morgan fingerprint density at radius 2 is 2.10 bits per heavy atom. The zero-order valence-corrected chi connectivity index (χ0v) is 11.2. The zero-order chi connectivity index (χ0) is 14.3. The van der Waals surface area contributed by atoms with Crippen molar-refractivity contribution in [3.05, 3.63) is 34.1 Å². The molecule has 1 saturated heterocycles. The quantitative estimate of drug-likeness (QED) is 0.666. The monoisotopic (exact) mass is 279 g/mol. The number of hydrogen-bond acceptors (Lipinski definition) is 4. The third kappa shape index (κ3) is 2.35. The predicted octanol–water partition coefficient (Wildman–Crippen LogP) is 2.30. The summed E-state index contributed by atoms with van der Waals surface area (Å²) in [6.45, 7) is 1.59. The summed E-state index contributed by atoms with van der Waals surface area (Å²) in [6, 6.07) is 3.97. The molecule has 3 unspecified atom stereocenters. The minimum Gasteiger partial charge on any atom is -0.371 e. The van der Waals surface area contributed by atoms with Crippen LogP contribution in [0.3, 0.4) is 0 Å². The van der Waals surface area contributed by atoms with E-state index in [2.05, 4.69) is 0 Å². The van der Waals surface area contributed by atoms with Gasteiger partial charge in [-0.2, -0.15) is 0 Å². The van der Waals surface area contributed by atoms with Gasteiger partial charge in [-0.15, -0.1) is 0 Å². The number of benzene rings is 1. The molecular formula is C14H18FN3O2. The highest BCUT2D eigenvalue weighted by Crippen LogP contribution is 2.38. The Bertz CT molecular complexity index is 537. The molecule has 3 rings (SSSR count). The number of hydrogen-bond donors (Lipinski definition) is 1. The topological polar surface area (TPSA) is 72.4 Å². The maximum absolute atomic E-state index is 13.5. The number of non-ortho nitro benzene ring substituents is 1. The molecule has 3 atom stereocenters. The van der Waals surface area contributed by atoms with E-state index >= 15 is 0 Å². The molecule has 0 radical (unpaired) electrons.